The first-order valence-corrected chi connectivity index (χ1v) is 7.34. The summed E-state index contributed by atoms with van der Waals surface area (Å²) in [7, 11) is -3.46. The first kappa shape index (κ1) is 14.9. The molecule has 5 nitrogen and oxygen atoms in total. The van der Waals surface area contributed by atoms with Crippen molar-refractivity contribution in [2.75, 3.05) is 13.2 Å². The Morgan fingerprint density at radius 2 is 1.94 bits per heavy atom. The molecule has 0 aliphatic rings. The van der Waals surface area contributed by atoms with Gasteiger partial charge in [-0.2, -0.15) is 0 Å². The minimum absolute atomic E-state index is 0.0738. The number of hydrogen-bond donors (Lipinski definition) is 2. The van der Waals surface area contributed by atoms with E-state index in [1.807, 2.05) is 13.8 Å². The van der Waals surface area contributed by atoms with Gasteiger partial charge in [0.1, 0.15) is 12.4 Å². The van der Waals surface area contributed by atoms with Crippen LogP contribution in [0.4, 0.5) is 0 Å². The van der Waals surface area contributed by atoms with Crippen LogP contribution in [0.15, 0.2) is 29.2 Å². The van der Waals surface area contributed by atoms with E-state index in [1.54, 1.807) is 12.1 Å². The third kappa shape index (κ3) is 4.29. The summed E-state index contributed by atoms with van der Waals surface area (Å²) in [6.07, 6.45) is 0.733. The van der Waals surface area contributed by atoms with E-state index in [0.717, 1.165) is 6.42 Å². The Kier molecular flexibility index (Phi) is 5.58. The van der Waals surface area contributed by atoms with E-state index in [2.05, 4.69) is 4.72 Å². The zero-order valence-corrected chi connectivity index (χ0v) is 11.4. The molecule has 0 spiro atoms. The molecule has 18 heavy (non-hydrogen) atoms. The summed E-state index contributed by atoms with van der Waals surface area (Å²) >= 11 is 0. The van der Waals surface area contributed by atoms with Crippen LogP contribution in [0.1, 0.15) is 20.3 Å². The first-order chi connectivity index (χ1) is 8.49. The fourth-order valence-corrected chi connectivity index (χ4v) is 2.62. The summed E-state index contributed by atoms with van der Waals surface area (Å²) in [6, 6.07) is 6.01. The fourth-order valence-electron chi connectivity index (χ4n) is 1.29. The SMILES string of the molecule is CCC(C)NS(=O)(=O)c1ccc(OCCO)cc1. The standard InChI is InChI=1S/C12H19NO4S/c1-3-10(2)13-18(15,16)12-6-4-11(5-7-12)17-9-8-14/h4-7,10,13-14H,3,8-9H2,1-2H3. The van der Waals surface area contributed by atoms with Gasteiger partial charge in [-0.05, 0) is 37.6 Å². The Balaban J connectivity index is 2.77. The van der Waals surface area contributed by atoms with Gasteiger partial charge in [0.15, 0.2) is 0 Å². The van der Waals surface area contributed by atoms with Crippen LogP contribution in [0.2, 0.25) is 0 Å². The van der Waals surface area contributed by atoms with E-state index in [0.29, 0.717) is 5.75 Å². The molecular formula is C12H19NO4S. The molecule has 0 aromatic heterocycles. The molecule has 6 heteroatoms. The average molecular weight is 273 g/mol. The predicted octanol–water partition coefficient (Wildman–Crippen LogP) is 1.13. The van der Waals surface area contributed by atoms with Crippen LogP contribution in [-0.2, 0) is 10.0 Å². The van der Waals surface area contributed by atoms with Crippen LogP contribution in [0, 0.1) is 0 Å². The highest BCUT2D eigenvalue weighted by Gasteiger charge is 2.16. The number of hydrogen-bond acceptors (Lipinski definition) is 4. The number of sulfonamides is 1. The molecule has 0 aliphatic carbocycles. The van der Waals surface area contributed by atoms with Gasteiger partial charge in [-0.15, -0.1) is 0 Å². The minimum Gasteiger partial charge on any atom is -0.491 e. The molecule has 0 radical (unpaired) electrons. The number of benzene rings is 1. The van der Waals surface area contributed by atoms with Crippen LogP contribution in [0.25, 0.3) is 0 Å². The van der Waals surface area contributed by atoms with Crippen molar-refractivity contribution in [1.82, 2.24) is 4.72 Å². The van der Waals surface area contributed by atoms with Crippen molar-refractivity contribution in [3.8, 4) is 5.75 Å². The highest BCUT2D eigenvalue weighted by molar-refractivity contribution is 7.89. The Hall–Kier alpha value is -1.11. The van der Waals surface area contributed by atoms with E-state index < -0.39 is 10.0 Å². The second-order valence-electron chi connectivity index (χ2n) is 3.97. The van der Waals surface area contributed by atoms with E-state index in [1.165, 1.54) is 12.1 Å². The number of aliphatic hydroxyl groups excluding tert-OH is 1. The Morgan fingerprint density at radius 3 is 2.44 bits per heavy atom. The van der Waals surface area contributed by atoms with E-state index in [9.17, 15) is 8.42 Å². The molecule has 1 rings (SSSR count). The van der Waals surface area contributed by atoms with Crippen LogP contribution in [-0.4, -0.2) is 32.8 Å². The number of rotatable bonds is 7. The molecule has 0 saturated carbocycles. The first-order valence-electron chi connectivity index (χ1n) is 5.85. The van der Waals surface area contributed by atoms with Gasteiger partial charge >= 0.3 is 0 Å². The number of ether oxygens (including phenoxy) is 1. The maximum absolute atomic E-state index is 11.9. The lowest BCUT2D eigenvalue weighted by Crippen LogP contribution is -2.31. The summed E-state index contributed by atoms with van der Waals surface area (Å²) < 4.78 is 31.6. The molecule has 1 aromatic rings. The Labute approximate surface area is 108 Å². The quantitative estimate of drug-likeness (QED) is 0.781. The molecular weight excluding hydrogens is 254 g/mol. The van der Waals surface area contributed by atoms with Crippen molar-refractivity contribution in [2.45, 2.75) is 31.2 Å². The van der Waals surface area contributed by atoms with Crippen LogP contribution in [0.3, 0.4) is 0 Å². The highest BCUT2D eigenvalue weighted by Crippen LogP contribution is 2.16. The largest absolute Gasteiger partial charge is 0.491 e. The lowest BCUT2D eigenvalue weighted by Gasteiger charge is -2.12. The molecule has 1 aromatic carbocycles. The summed E-state index contributed by atoms with van der Waals surface area (Å²) in [6.45, 7) is 3.85. The lowest BCUT2D eigenvalue weighted by molar-refractivity contribution is 0.201. The minimum atomic E-state index is -3.46. The summed E-state index contributed by atoms with van der Waals surface area (Å²) in [5.41, 5.74) is 0. The number of aliphatic hydroxyl groups is 1. The summed E-state index contributed by atoms with van der Waals surface area (Å²) in [4.78, 5) is 0.208. The normalized spacial score (nSPS) is 13.3. The average Bonchev–Trinajstić information content (AvgIpc) is 2.36. The Bertz CT molecular complexity index is 455. The van der Waals surface area contributed by atoms with E-state index in [-0.39, 0.29) is 24.2 Å². The molecule has 0 heterocycles. The van der Waals surface area contributed by atoms with Crippen molar-refractivity contribution < 1.29 is 18.3 Å². The van der Waals surface area contributed by atoms with Crippen LogP contribution in [0.5, 0.6) is 5.75 Å². The summed E-state index contributed by atoms with van der Waals surface area (Å²) in [5.74, 6) is 0.534. The second kappa shape index (κ2) is 6.72. The lowest BCUT2D eigenvalue weighted by atomic mass is 10.3. The van der Waals surface area contributed by atoms with Gasteiger partial charge in [0.25, 0.3) is 0 Å². The zero-order chi connectivity index (χ0) is 13.6. The van der Waals surface area contributed by atoms with Crippen molar-refractivity contribution in [3.63, 3.8) is 0 Å². The van der Waals surface area contributed by atoms with E-state index in [4.69, 9.17) is 9.84 Å². The highest BCUT2D eigenvalue weighted by atomic mass is 32.2. The maximum atomic E-state index is 11.9. The smallest absolute Gasteiger partial charge is 0.240 e. The van der Waals surface area contributed by atoms with Gasteiger partial charge in [-0.3, -0.25) is 0 Å². The van der Waals surface area contributed by atoms with Crippen LogP contribution < -0.4 is 9.46 Å². The van der Waals surface area contributed by atoms with Gasteiger partial charge in [-0.1, -0.05) is 6.92 Å². The van der Waals surface area contributed by atoms with Gasteiger partial charge in [0.2, 0.25) is 10.0 Å². The topological polar surface area (TPSA) is 75.6 Å². The van der Waals surface area contributed by atoms with Gasteiger partial charge in [-0.25, -0.2) is 13.1 Å². The molecule has 1 atom stereocenters. The van der Waals surface area contributed by atoms with Crippen molar-refractivity contribution in [1.29, 1.82) is 0 Å². The number of nitrogens with one attached hydrogen (secondary N) is 1. The molecule has 1 unspecified atom stereocenters. The third-order valence-corrected chi connectivity index (χ3v) is 4.07. The Morgan fingerprint density at radius 1 is 1.33 bits per heavy atom. The molecule has 102 valence electrons. The molecule has 2 N–H and O–H groups in total. The van der Waals surface area contributed by atoms with Gasteiger partial charge in [0.05, 0.1) is 11.5 Å². The summed E-state index contributed by atoms with van der Waals surface area (Å²) in [5, 5.41) is 8.61. The van der Waals surface area contributed by atoms with Gasteiger partial charge in [0, 0.05) is 6.04 Å². The van der Waals surface area contributed by atoms with Crippen molar-refractivity contribution in [2.24, 2.45) is 0 Å². The molecule has 0 amide bonds. The monoisotopic (exact) mass is 273 g/mol. The fraction of sp³-hybridized carbons (Fsp3) is 0.500. The molecule has 0 bridgehead atoms. The predicted molar refractivity (Wildman–Crippen MR) is 69.1 cm³/mol. The van der Waals surface area contributed by atoms with Crippen molar-refractivity contribution >= 4 is 10.0 Å². The molecule has 0 aliphatic heterocycles. The zero-order valence-electron chi connectivity index (χ0n) is 10.6. The third-order valence-electron chi connectivity index (χ3n) is 2.46. The second-order valence-corrected chi connectivity index (χ2v) is 5.69. The van der Waals surface area contributed by atoms with Crippen LogP contribution >= 0.6 is 0 Å². The van der Waals surface area contributed by atoms with Gasteiger partial charge < -0.3 is 9.84 Å². The molecule has 0 saturated heterocycles. The van der Waals surface area contributed by atoms with E-state index >= 15 is 0 Å². The molecule has 0 fully saturated rings. The van der Waals surface area contributed by atoms with Crippen molar-refractivity contribution in [3.05, 3.63) is 24.3 Å². The maximum Gasteiger partial charge on any atom is 0.240 e.